The SMILES string of the molecule is O=C(Nc1ccccc1)Nc1cc(-c2ccnc(Nc3ccccc3)c2)ccn1. The topological polar surface area (TPSA) is 78.9 Å². The van der Waals surface area contributed by atoms with Gasteiger partial charge in [0.1, 0.15) is 11.6 Å². The van der Waals surface area contributed by atoms with E-state index in [-0.39, 0.29) is 6.03 Å². The molecular formula is C23H19N5O. The van der Waals surface area contributed by atoms with E-state index in [0.717, 1.165) is 22.6 Å². The van der Waals surface area contributed by atoms with Crippen molar-refractivity contribution in [3.05, 3.63) is 97.3 Å². The minimum Gasteiger partial charge on any atom is -0.340 e. The average molecular weight is 381 g/mol. The number of pyridine rings is 2. The number of carbonyl (C=O) groups is 1. The van der Waals surface area contributed by atoms with Gasteiger partial charge in [0, 0.05) is 23.8 Å². The van der Waals surface area contributed by atoms with E-state index < -0.39 is 0 Å². The summed E-state index contributed by atoms with van der Waals surface area (Å²) in [4.78, 5) is 20.8. The number of hydrogen-bond acceptors (Lipinski definition) is 4. The molecule has 0 bridgehead atoms. The maximum atomic E-state index is 12.2. The molecule has 142 valence electrons. The zero-order valence-electron chi connectivity index (χ0n) is 15.5. The van der Waals surface area contributed by atoms with Crippen molar-refractivity contribution in [3.8, 4) is 11.1 Å². The van der Waals surface area contributed by atoms with Gasteiger partial charge in [-0.25, -0.2) is 14.8 Å². The summed E-state index contributed by atoms with van der Waals surface area (Å²) in [5.41, 5.74) is 3.57. The van der Waals surface area contributed by atoms with Gasteiger partial charge in [-0.15, -0.1) is 0 Å². The van der Waals surface area contributed by atoms with Crippen molar-refractivity contribution in [1.82, 2.24) is 9.97 Å². The van der Waals surface area contributed by atoms with Crippen LogP contribution in [0.5, 0.6) is 0 Å². The van der Waals surface area contributed by atoms with E-state index in [1.807, 2.05) is 84.9 Å². The Labute approximate surface area is 168 Å². The average Bonchev–Trinajstić information content (AvgIpc) is 2.75. The van der Waals surface area contributed by atoms with Crippen molar-refractivity contribution in [2.45, 2.75) is 0 Å². The number of urea groups is 1. The summed E-state index contributed by atoms with van der Waals surface area (Å²) in [7, 11) is 0. The summed E-state index contributed by atoms with van der Waals surface area (Å²) in [6, 6.07) is 26.4. The molecule has 0 aliphatic heterocycles. The first-order chi connectivity index (χ1) is 14.3. The molecule has 0 spiro atoms. The molecule has 4 rings (SSSR count). The predicted octanol–water partition coefficient (Wildman–Crippen LogP) is 5.53. The molecule has 0 saturated heterocycles. The van der Waals surface area contributed by atoms with E-state index >= 15 is 0 Å². The summed E-state index contributed by atoms with van der Waals surface area (Å²) in [6.45, 7) is 0. The lowest BCUT2D eigenvalue weighted by Crippen LogP contribution is -2.19. The molecule has 0 aliphatic carbocycles. The Morgan fingerprint density at radius 1 is 0.621 bits per heavy atom. The second-order valence-electron chi connectivity index (χ2n) is 6.30. The van der Waals surface area contributed by atoms with E-state index in [2.05, 4.69) is 25.9 Å². The van der Waals surface area contributed by atoms with Crippen molar-refractivity contribution in [2.24, 2.45) is 0 Å². The van der Waals surface area contributed by atoms with Crippen molar-refractivity contribution in [3.63, 3.8) is 0 Å². The van der Waals surface area contributed by atoms with Gasteiger partial charge in [0.2, 0.25) is 0 Å². The molecule has 2 amide bonds. The van der Waals surface area contributed by atoms with Crippen LogP contribution in [0.1, 0.15) is 0 Å². The van der Waals surface area contributed by atoms with Gasteiger partial charge in [-0.1, -0.05) is 36.4 Å². The van der Waals surface area contributed by atoms with Gasteiger partial charge in [0.05, 0.1) is 0 Å². The van der Waals surface area contributed by atoms with Gasteiger partial charge in [-0.05, 0) is 59.7 Å². The van der Waals surface area contributed by atoms with Crippen LogP contribution in [0.4, 0.5) is 27.8 Å². The summed E-state index contributed by atoms with van der Waals surface area (Å²) in [6.07, 6.45) is 3.41. The van der Waals surface area contributed by atoms with Gasteiger partial charge >= 0.3 is 6.03 Å². The first-order valence-electron chi connectivity index (χ1n) is 9.14. The molecule has 2 heterocycles. The van der Waals surface area contributed by atoms with Crippen LogP contribution in [-0.4, -0.2) is 16.0 Å². The fraction of sp³-hybridized carbons (Fsp3) is 0. The predicted molar refractivity (Wildman–Crippen MR) is 116 cm³/mol. The van der Waals surface area contributed by atoms with Gasteiger partial charge in [0.15, 0.2) is 0 Å². The fourth-order valence-electron chi connectivity index (χ4n) is 2.83. The minimum atomic E-state index is -0.345. The highest BCUT2D eigenvalue weighted by atomic mass is 16.2. The quantitative estimate of drug-likeness (QED) is 0.425. The molecule has 2 aromatic carbocycles. The summed E-state index contributed by atoms with van der Waals surface area (Å²) >= 11 is 0. The summed E-state index contributed by atoms with van der Waals surface area (Å²) in [5.74, 6) is 1.20. The number of nitrogens with zero attached hydrogens (tertiary/aromatic N) is 2. The molecule has 3 N–H and O–H groups in total. The van der Waals surface area contributed by atoms with E-state index in [1.165, 1.54) is 0 Å². The molecule has 0 saturated carbocycles. The molecule has 6 nitrogen and oxygen atoms in total. The highest BCUT2D eigenvalue weighted by molar-refractivity contribution is 5.99. The Balaban J connectivity index is 1.48. The largest absolute Gasteiger partial charge is 0.340 e. The lowest BCUT2D eigenvalue weighted by molar-refractivity contribution is 0.262. The van der Waals surface area contributed by atoms with Gasteiger partial charge in [0.25, 0.3) is 0 Å². The molecule has 0 aliphatic rings. The Kier molecular flexibility index (Phi) is 5.43. The molecule has 0 radical (unpaired) electrons. The second-order valence-corrected chi connectivity index (χ2v) is 6.30. The van der Waals surface area contributed by atoms with Crippen LogP contribution in [0.3, 0.4) is 0 Å². The van der Waals surface area contributed by atoms with Gasteiger partial charge in [-0.2, -0.15) is 0 Å². The number of rotatable bonds is 5. The highest BCUT2D eigenvalue weighted by Crippen LogP contribution is 2.24. The lowest BCUT2D eigenvalue weighted by atomic mass is 10.1. The van der Waals surface area contributed by atoms with Crippen molar-refractivity contribution < 1.29 is 4.79 Å². The second kappa shape index (κ2) is 8.67. The normalized spacial score (nSPS) is 10.2. The fourth-order valence-corrected chi connectivity index (χ4v) is 2.83. The van der Waals surface area contributed by atoms with Crippen molar-refractivity contribution in [2.75, 3.05) is 16.0 Å². The van der Waals surface area contributed by atoms with Gasteiger partial charge in [-0.3, -0.25) is 5.32 Å². The van der Waals surface area contributed by atoms with E-state index in [9.17, 15) is 4.79 Å². The lowest BCUT2D eigenvalue weighted by Gasteiger charge is -2.10. The molecule has 29 heavy (non-hydrogen) atoms. The van der Waals surface area contributed by atoms with Crippen molar-refractivity contribution >= 4 is 29.0 Å². The van der Waals surface area contributed by atoms with Crippen LogP contribution in [0, 0.1) is 0 Å². The number of amides is 2. The van der Waals surface area contributed by atoms with Crippen LogP contribution in [0.15, 0.2) is 97.3 Å². The molecular weight excluding hydrogens is 362 g/mol. The number of anilines is 4. The third-order valence-corrected chi connectivity index (χ3v) is 4.17. The van der Waals surface area contributed by atoms with Crippen LogP contribution in [0.25, 0.3) is 11.1 Å². The molecule has 0 atom stereocenters. The van der Waals surface area contributed by atoms with E-state index in [1.54, 1.807) is 12.4 Å². The standard InChI is InChI=1S/C23H19N5O/c29-23(27-20-9-5-2-6-10-20)28-22-16-18(12-14-25-22)17-11-13-24-21(15-17)26-19-7-3-1-4-8-19/h1-16H,(H,24,26)(H2,25,27,28,29). The number of benzene rings is 2. The highest BCUT2D eigenvalue weighted by Gasteiger charge is 2.06. The molecule has 2 aromatic heterocycles. The van der Waals surface area contributed by atoms with E-state index in [0.29, 0.717) is 11.5 Å². The van der Waals surface area contributed by atoms with Crippen LogP contribution < -0.4 is 16.0 Å². The monoisotopic (exact) mass is 381 g/mol. The maximum absolute atomic E-state index is 12.2. The molecule has 0 fully saturated rings. The first kappa shape index (κ1) is 18.2. The zero-order chi connectivity index (χ0) is 19.9. The van der Waals surface area contributed by atoms with Crippen LogP contribution in [-0.2, 0) is 0 Å². The zero-order valence-corrected chi connectivity index (χ0v) is 15.5. The minimum absolute atomic E-state index is 0.345. The van der Waals surface area contributed by atoms with E-state index in [4.69, 9.17) is 0 Å². The Morgan fingerprint density at radius 3 is 1.83 bits per heavy atom. The maximum Gasteiger partial charge on any atom is 0.324 e. The molecule has 6 heteroatoms. The van der Waals surface area contributed by atoms with Crippen LogP contribution in [0.2, 0.25) is 0 Å². The van der Waals surface area contributed by atoms with Crippen LogP contribution >= 0.6 is 0 Å². The number of para-hydroxylation sites is 2. The summed E-state index contributed by atoms with van der Waals surface area (Å²) < 4.78 is 0. The third-order valence-electron chi connectivity index (χ3n) is 4.17. The summed E-state index contributed by atoms with van der Waals surface area (Å²) in [5, 5.41) is 8.82. The van der Waals surface area contributed by atoms with Gasteiger partial charge < -0.3 is 10.6 Å². The number of nitrogens with one attached hydrogen (secondary N) is 3. The Morgan fingerprint density at radius 2 is 1.17 bits per heavy atom. The van der Waals surface area contributed by atoms with Crippen molar-refractivity contribution in [1.29, 1.82) is 0 Å². The molecule has 4 aromatic rings. The molecule has 0 unspecified atom stereocenters. The third kappa shape index (κ3) is 4.95. The number of carbonyl (C=O) groups excluding carboxylic acids is 1. The Hall–Kier alpha value is -4.19. The first-order valence-corrected chi connectivity index (χ1v) is 9.14. The number of hydrogen-bond donors (Lipinski definition) is 3. The Bertz CT molecular complexity index is 1100. The smallest absolute Gasteiger partial charge is 0.324 e. The number of aromatic nitrogens is 2.